The van der Waals surface area contributed by atoms with Gasteiger partial charge >= 0.3 is 0 Å². The Kier molecular flexibility index (Phi) is 7.05. The van der Waals surface area contributed by atoms with E-state index in [0.29, 0.717) is 11.8 Å². The Labute approximate surface area is 166 Å². The van der Waals surface area contributed by atoms with Crippen molar-refractivity contribution in [1.29, 1.82) is 0 Å². The minimum absolute atomic E-state index is 0.0796. The quantitative estimate of drug-likeness (QED) is 0.691. The normalized spacial score (nSPS) is 20.3. The van der Waals surface area contributed by atoms with Crippen molar-refractivity contribution in [3.05, 3.63) is 58.3 Å². The summed E-state index contributed by atoms with van der Waals surface area (Å²) < 4.78 is 5.10. The van der Waals surface area contributed by atoms with Crippen LogP contribution in [-0.4, -0.2) is 55.1 Å². The Bertz CT molecular complexity index is 702. The molecule has 2 heterocycles. The van der Waals surface area contributed by atoms with Gasteiger partial charge in [0.15, 0.2) is 0 Å². The molecule has 1 aromatic heterocycles. The van der Waals surface area contributed by atoms with Crippen LogP contribution < -0.4 is 0 Å². The van der Waals surface area contributed by atoms with Crippen LogP contribution in [0.3, 0.4) is 0 Å². The Morgan fingerprint density at radius 3 is 2.63 bits per heavy atom. The van der Waals surface area contributed by atoms with Crippen LogP contribution in [0.2, 0.25) is 0 Å². The first-order chi connectivity index (χ1) is 13.1. The number of methoxy groups -OCH3 is 1. The van der Waals surface area contributed by atoms with Gasteiger partial charge in [0.05, 0.1) is 0 Å². The van der Waals surface area contributed by atoms with Gasteiger partial charge in [-0.1, -0.05) is 36.4 Å². The zero-order chi connectivity index (χ0) is 19.2. The zero-order valence-electron chi connectivity index (χ0n) is 16.5. The van der Waals surface area contributed by atoms with Crippen molar-refractivity contribution in [3.63, 3.8) is 0 Å². The summed E-state index contributed by atoms with van der Waals surface area (Å²) in [5.41, 5.74) is 1.37. The first-order valence-corrected chi connectivity index (χ1v) is 10.5. The first-order valence-electron chi connectivity index (χ1n) is 9.66. The first kappa shape index (κ1) is 20.1. The summed E-state index contributed by atoms with van der Waals surface area (Å²) in [6.07, 6.45) is 0. The van der Waals surface area contributed by atoms with E-state index in [1.165, 1.54) is 10.4 Å². The molecule has 2 unspecified atom stereocenters. The number of nitrogens with zero attached hydrogens (tertiary/aromatic N) is 2. The van der Waals surface area contributed by atoms with Gasteiger partial charge < -0.3 is 9.64 Å². The molecule has 0 saturated carbocycles. The second-order valence-corrected chi connectivity index (χ2v) is 8.66. The maximum absolute atomic E-state index is 12.5. The van der Waals surface area contributed by atoms with Gasteiger partial charge in [-0.3, -0.25) is 9.69 Å². The van der Waals surface area contributed by atoms with Crippen molar-refractivity contribution in [2.75, 3.05) is 33.4 Å². The fraction of sp³-hybridized carbons (Fsp3) is 0.500. The number of benzene rings is 1. The second kappa shape index (κ2) is 9.49. The second-order valence-electron chi connectivity index (χ2n) is 7.62. The highest BCUT2D eigenvalue weighted by atomic mass is 32.1. The highest BCUT2D eigenvalue weighted by Gasteiger charge is 2.36. The van der Waals surface area contributed by atoms with Gasteiger partial charge in [-0.2, -0.15) is 0 Å². The molecule has 1 amide bonds. The predicted octanol–water partition coefficient (Wildman–Crippen LogP) is 3.85. The van der Waals surface area contributed by atoms with Crippen LogP contribution in [-0.2, 0) is 16.1 Å². The van der Waals surface area contributed by atoms with Gasteiger partial charge in [0.25, 0.3) is 0 Å². The number of amides is 1. The number of thiophene rings is 1. The molecule has 2 atom stereocenters. The number of ether oxygens (including phenoxy) is 1. The van der Waals surface area contributed by atoms with Gasteiger partial charge in [0.1, 0.15) is 6.61 Å². The Balaban J connectivity index is 1.77. The van der Waals surface area contributed by atoms with Gasteiger partial charge in [-0.05, 0) is 36.8 Å². The topological polar surface area (TPSA) is 32.8 Å². The lowest BCUT2D eigenvalue weighted by Crippen LogP contribution is -2.43. The molecule has 1 aromatic carbocycles. The molecule has 1 aliphatic heterocycles. The molecule has 0 aliphatic carbocycles. The molecule has 0 bridgehead atoms. The summed E-state index contributed by atoms with van der Waals surface area (Å²) in [7, 11) is 1.58. The number of likely N-dealkylation sites (tertiary alicyclic amines) is 1. The van der Waals surface area contributed by atoms with E-state index in [1.807, 2.05) is 16.2 Å². The smallest absolute Gasteiger partial charge is 0.248 e. The van der Waals surface area contributed by atoms with E-state index < -0.39 is 0 Å². The van der Waals surface area contributed by atoms with Crippen molar-refractivity contribution in [1.82, 2.24) is 9.80 Å². The minimum atomic E-state index is 0.0796. The molecule has 0 spiro atoms. The number of rotatable bonds is 8. The van der Waals surface area contributed by atoms with Crippen molar-refractivity contribution in [2.45, 2.75) is 32.4 Å². The number of carbonyl (C=O) groups excluding carboxylic acids is 1. The number of carbonyl (C=O) groups is 1. The third-order valence-corrected chi connectivity index (χ3v) is 6.21. The summed E-state index contributed by atoms with van der Waals surface area (Å²) in [6.45, 7) is 8.15. The maximum atomic E-state index is 12.5. The third kappa shape index (κ3) is 5.18. The van der Waals surface area contributed by atoms with Crippen molar-refractivity contribution in [2.24, 2.45) is 5.92 Å². The minimum Gasteiger partial charge on any atom is -0.375 e. The van der Waals surface area contributed by atoms with Crippen LogP contribution in [0.4, 0.5) is 0 Å². The molecule has 27 heavy (non-hydrogen) atoms. The van der Waals surface area contributed by atoms with Crippen LogP contribution in [0.25, 0.3) is 0 Å². The highest BCUT2D eigenvalue weighted by Crippen LogP contribution is 2.34. The van der Waals surface area contributed by atoms with E-state index in [9.17, 15) is 4.79 Å². The number of hydrogen-bond donors (Lipinski definition) is 0. The average Bonchev–Trinajstić information content (AvgIpc) is 3.30. The SMILES string of the molecule is COCC(=O)N(CC1CN(Cc2cccs2)CC1c1ccccc1)C(C)C. The van der Waals surface area contributed by atoms with Gasteiger partial charge in [-0.15, -0.1) is 11.3 Å². The largest absolute Gasteiger partial charge is 0.375 e. The van der Waals surface area contributed by atoms with Crippen LogP contribution >= 0.6 is 11.3 Å². The van der Waals surface area contributed by atoms with Crippen molar-refractivity contribution >= 4 is 17.2 Å². The lowest BCUT2D eigenvalue weighted by atomic mass is 9.88. The van der Waals surface area contributed by atoms with Gasteiger partial charge in [-0.25, -0.2) is 0 Å². The molecule has 146 valence electrons. The van der Waals surface area contributed by atoms with Gasteiger partial charge in [0.2, 0.25) is 5.91 Å². The van der Waals surface area contributed by atoms with E-state index in [4.69, 9.17) is 4.74 Å². The van der Waals surface area contributed by atoms with Crippen LogP contribution in [0.1, 0.15) is 30.2 Å². The molecule has 3 rings (SSSR count). The lowest BCUT2D eigenvalue weighted by molar-refractivity contribution is -0.137. The molecular weight excluding hydrogens is 356 g/mol. The predicted molar refractivity (Wildman–Crippen MR) is 111 cm³/mol. The average molecular weight is 387 g/mol. The van der Waals surface area contributed by atoms with Crippen LogP contribution in [0.15, 0.2) is 47.8 Å². The third-order valence-electron chi connectivity index (χ3n) is 5.35. The van der Waals surface area contributed by atoms with Gasteiger partial charge in [0, 0.05) is 50.1 Å². The molecule has 1 aliphatic rings. The summed E-state index contributed by atoms with van der Waals surface area (Å²) in [5.74, 6) is 0.953. The maximum Gasteiger partial charge on any atom is 0.248 e. The molecule has 1 fully saturated rings. The zero-order valence-corrected chi connectivity index (χ0v) is 17.3. The van der Waals surface area contributed by atoms with E-state index in [2.05, 4.69) is 66.6 Å². The molecule has 5 heteroatoms. The fourth-order valence-electron chi connectivity index (χ4n) is 4.04. The lowest BCUT2D eigenvalue weighted by Gasteiger charge is -2.31. The Hall–Kier alpha value is -1.69. The van der Waals surface area contributed by atoms with Crippen LogP contribution in [0, 0.1) is 5.92 Å². The standard InChI is InChI=1S/C22H30N2O2S/c1-17(2)24(22(25)16-26-3)13-19-12-23(14-20-10-7-11-27-20)15-21(19)18-8-5-4-6-9-18/h4-11,17,19,21H,12-16H2,1-3H3. The molecule has 2 aromatic rings. The molecule has 4 nitrogen and oxygen atoms in total. The van der Waals surface area contributed by atoms with E-state index in [1.54, 1.807) is 7.11 Å². The van der Waals surface area contributed by atoms with Crippen molar-refractivity contribution in [3.8, 4) is 0 Å². The fourth-order valence-corrected chi connectivity index (χ4v) is 4.78. The molecule has 0 N–H and O–H groups in total. The summed E-state index contributed by atoms with van der Waals surface area (Å²) in [5, 5.41) is 2.14. The van der Waals surface area contributed by atoms with E-state index in [-0.39, 0.29) is 18.6 Å². The van der Waals surface area contributed by atoms with E-state index >= 15 is 0 Å². The Morgan fingerprint density at radius 1 is 1.22 bits per heavy atom. The summed E-state index contributed by atoms with van der Waals surface area (Å²) in [4.78, 5) is 18.5. The highest BCUT2D eigenvalue weighted by molar-refractivity contribution is 7.09. The summed E-state index contributed by atoms with van der Waals surface area (Å²) in [6, 6.07) is 15.3. The molecule has 0 radical (unpaired) electrons. The monoisotopic (exact) mass is 386 g/mol. The Morgan fingerprint density at radius 2 is 2.00 bits per heavy atom. The van der Waals surface area contributed by atoms with E-state index in [0.717, 1.165) is 26.2 Å². The number of hydrogen-bond acceptors (Lipinski definition) is 4. The van der Waals surface area contributed by atoms with Crippen LogP contribution in [0.5, 0.6) is 0 Å². The van der Waals surface area contributed by atoms with Crippen molar-refractivity contribution < 1.29 is 9.53 Å². The summed E-state index contributed by atoms with van der Waals surface area (Å²) >= 11 is 1.82. The molecular formula is C22H30N2O2S. The molecule has 1 saturated heterocycles.